The van der Waals surface area contributed by atoms with Gasteiger partial charge >= 0.3 is 125 Å². The fraction of sp³-hybridized carbons (Fsp3) is 0.356. The van der Waals surface area contributed by atoms with Gasteiger partial charge in [0.15, 0.2) is 0 Å². The minimum atomic E-state index is 0. The summed E-state index contributed by atoms with van der Waals surface area (Å²) in [5, 5.41) is 0. The topological polar surface area (TPSA) is 0 Å². The van der Waals surface area contributed by atoms with Crippen LogP contribution in [0.3, 0.4) is 0 Å². The van der Waals surface area contributed by atoms with Crippen LogP contribution in [0.15, 0.2) is 97.1 Å². The van der Waals surface area contributed by atoms with E-state index in [1.807, 2.05) is 12.2 Å². The van der Waals surface area contributed by atoms with Crippen LogP contribution in [0.1, 0.15) is 118 Å². The molecule has 0 aliphatic heterocycles. The average Bonchev–Trinajstić information content (AvgIpc) is 3.71. The zero-order valence-corrected chi connectivity index (χ0v) is 34.5. The third kappa shape index (κ3) is 10.6. The van der Waals surface area contributed by atoms with E-state index >= 15 is 0 Å². The van der Waals surface area contributed by atoms with Crippen molar-refractivity contribution >= 4 is 3.21 Å². The summed E-state index contributed by atoms with van der Waals surface area (Å²) in [6, 6.07) is 32.5. The van der Waals surface area contributed by atoms with Gasteiger partial charge in [-0.1, -0.05) is 71.6 Å². The number of hydrogen-bond acceptors (Lipinski definition) is 0. The fourth-order valence-corrected chi connectivity index (χ4v) is 7.40. The predicted octanol–water partition coefficient (Wildman–Crippen LogP) is 5.90. The number of rotatable bonds is 4. The molecular weight excluding hydrogens is 703 g/mol. The van der Waals surface area contributed by atoms with E-state index in [9.17, 15) is 0 Å². The largest absolute Gasteiger partial charge is 1.00 e. The van der Waals surface area contributed by atoms with Crippen LogP contribution in [-0.2, 0) is 41.5 Å². The molecule has 2 atom stereocenters. The quantitative estimate of drug-likeness (QED) is 0.201. The molecule has 0 fully saturated rings. The molecule has 2 aliphatic carbocycles. The van der Waals surface area contributed by atoms with Gasteiger partial charge in [-0.3, -0.25) is 6.08 Å². The zero-order valence-electron chi connectivity index (χ0n) is 30.6. The molecule has 3 heteroatoms. The maximum absolute atomic E-state index is 3.69. The summed E-state index contributed by atoms with van der Waals surface area (Å²) in [6.07, 6.45) is 11.0. The Morgan fingerprint density at radius 3 is 1.62 bits per heavy atom. The van der Waals surface area contributed by atoms with Crippen molar-refractivity contribution in [3.63, 3.8) is 0 Å². The van der Waals surface area contributed by atoms with E-state index in [0.29, 0.717) is 11.8 Å². The van der Waals surface area contributed by atoms with Crippen LogP contribution >= 0.6 is 0 Å². The first-order valence-corrected chi connectivity index (χ1v) is 18.0. The van der Waals surface area contributed by atoms with Crippen molar-refractivity contribution < 1.29 is 49.0 Å². The van der Waals surface area contributed by atoms with Crippen molar-refractivity contribution in [3.05, 3.63) is 154 Å². The molecule has 4 aromatic carbocycles. The van der Waals surface area contributed by atoms with Crippen LogP contribution in [-0.4, -0.2) is 3.21 Å². The second-order valence-corrected chi connectivity index (χ2v) is 16.3. The molecule has 0 spiro atoms. The summed E-state index contributed by atoms with van der Waals surface area (Å²) in [5.41, 5.74) is 14.5. The smallest absolute Gasteiger partial charge is 0.0129 e. The SMILES string of the molecule is CC([C](=[Zr+2])C(C)c1ccccc1)c1ccccc1.Cc1[c-]c2c(cc1C(C)(C)C)-c1cc(C(C)(C)C)c(C)cc1C2.[C-]1=CC=CC1.[Cl-].[Cl-]. The molecule has 0 N–H and O–H groups in total. The molecule has 2 unspecified atom stereocenters. The Labute approximate surface area is 319 Å². The van der Waals surface area contributed by atoms with Gasteiger partial charge in [-0.05, 0) is 35.4 Å². The van der Waals surface area contributed by atoms with Gasteiger partial charge < -0.3 is 24.8 Å². The van der Waals surface area contributed by atoms with Gasteiger partial charge in [0, 0.05) is 0 Å². The third-order valence-electron chi connectivity index (χ3n) is 9.20. The van der Waals surface area contributed by atoms with Crippen molar-refractivity contribution in [2.45, 2.75) is 105 Å². The van der Waals surface area contributed by atoms with Crippen LogP contribution in [0.5, 0.6) is 0 Å². The van der Waals surface area contributed by atoms with Gasteiger partial charge in [0.2, 0.25) is 0 Å². The van der Waals surface area contributed by atoms with E-state index in [1.165, 1.54) is 55.6 Å². The average molecular weight is 755 g/mol. The summed E-state index contributed by atoms with van der Waals surface area (Å²) in [7, 11) is 0. The predicted molar refractivity (Wildman–Crippen MR) is 197 cm³/mol. The number of allylic oxidation sites excluding steroid dienone is 4. The molecule has 0 radical (unpaired) electrons. The molecule has 0 saturated carbocycles. The summed E-state index contributed by atoms with van der Waals surface area (Å²) in [6.45, 7) is 22.9. The van der Waals surface area contributed by atoms with Gasteiger partial charge in [0.05, 0.1) is 0 Å². The van der Waals surface area contributed by atoms with E-state index in [4.69, 9.17) is 0 Å². The summed E-state index contributed by atoms with van der Waals surface area (Å²) < 4.78 is 1.61. The molecule has 2 aliphatic rings. The van der Waals surface area contributed by atoms with Crippen LogP contribution in [0, 0.1) is 26.0 Å². The maximum atomic E-state index is 3.69. The maximum Gasteiger partial charge on any atom is -0.0129 e. The van der Waals surface area contributed by atoms with Gasteiger partial charge in [-0.2, -0.15) is 23.8 Å². The summed E-state index contributed by atoms with van der Waals surface area (Å²) in [5.74, 6) is 1.08. The van der Waals surface area contributed by atoms with Crippen molar-refractivity contribution in [2.75, 3.05) is 0 Å². The fourth-order valence-electron chi connectivity index (χ4n) is 6.58. The molecule has 0 nitrogen and oxygen atoms in total. The molecular formula is C45H52Cl2Zr-2. The Bertz CT molecular complexity index is 1580. The molecule has 0 saturated heterocycles. The number of benzene rings is 4. The van der Waals surface area contributed by atoms with E-state index in [1.54, 1.807) is 27.4 Å². The first-order chi connectivity index (χ1) is 21.7. The summed E-state index contributed by atoms with van der Waals surface area (Å²) >= 11 is 1.54. The molecule has 0 amide bonds. The van der Waals surface area contributed by atoms with E-state index in [2.05, 4.69) is 166 Å². The Morgan fingerprint density at radius 1 is 0.708 bits per heavy atom. The second kappa shape index (κ2) is 18.1. The van der Waals surface area contributed by atoms with Crippen LogP contribution in [0.2, 0.25) is 0 Å². The second-order valence-electron chi connectivity index (χ2n) is 14.9. The number of hydrogen-bond donors (Lipinski definition) is 0. The number of fused-ring (bicyclic) bond motifs is 3. The van der Waals surface area contributed by atoms with Gasteiger partial charge in [0.1, 0.15) is 0 Å². The molecule has 252 valence electrons. The van der Waals surface area contributed by atoms with Crippen LogP contribution in [0.4, 0.5) is 0 Å². The molecule has 0 aromatic heterocycles. The third-order valence-corrected chi connectivity index (χ3v) is 11.3. The van der Waals surface area contributed by atoms with Gasteiger partial charge in [-0.25, -0.2) is 12.2 Å². The van der Waals surface area contributed by atoms with E-state index in [-0.39, 0.29) is 35.6 Å². The van der Waals surface area contributed by atoms with Gasteiger partial charge in [0.25, 0.3) is 0 Å². The van der Waals surface area contributed by atoms with Gasteiger partial charge in [-0.15, -0.1) is 23.1 Å². The van der Waals surface area contributed by atoms with Crippen molar-refractivity contribution in [1.29, 1.82) is 0 Å². The first-order valence-electron chi connectivity index (χ1n) is 16.8. The van der Waals surface area contributed by atoms with E-state index < -0.39 is 0 Å². The Kier molecular flexibility index (Phi) is 15.8. The van der Waals surface area contributed by atoms with Crippen LogP contribution in [0.25, 0.3) is 11.1 Å². The molecule has 0 heterocycles. The minimum absolute atomic E-state index is 0. The molecule has 48 heavy (non-hydrogen) atoms. The minimum Gasteiger partial charge on any atom is -1.00 e. The number of halogens is 2. The first kappa shape index (κ1) is 41.9. The standard InChI is InChI=1S/C23H29.C17H18.C5H5.2ClH.Zr/c1-14-9-16-11-17-10-15(2)21(23(6,7)8)13-19(17)18(16)12-20(14)22(3,4)5;1-14(16-9-5-3-6-10-16)13-15(2)17-11-7-4-8-12-17;1-2-4-5-3-1;;;/h9,12-13H,11H2,1-8H3;3-12,14-15H,1-2H3;1-3H,4H2;2*1H;/q-1;;-1;;;+2/p-2. The van der Waals surface area contributed by atoms with Crippen molar-refractivity contribution in [2.24, 2.45) is 0 Å². The van der Waals surface area contributed by atoms with Crippen LogP contribution < -0.4 is 24.8 Å². The van der Waals surface area contributed by atoms with Crippen molar-refractivity contribution in [3.8, 4) is 11.1 Å². The number of aryl methyl sites for hydroxylation is 2. The Balaban J connectivity index is 0.000000286. The zero-order chi connectivity index (χ0) is 33.6. The summed E-state index contributed by atoms with van der Waals surface area (Å²) in [4.78, 5) is 0. The molecule has 6 rings (SSSR count). The van der Waals surface area contributed by atoms with Crippen molar-refractivity contribution in [1.82, 2.24) is 0 Å². The molecule has 0 bridgehead atoms. The Hall–Kier alpha value is -2.31. The Morgan fingerprint density at radius 2 is 1.21 bits per heavy atom. The van der Waals surface area contributed by atoms with E-state index in [0.717, 1.165) is 12.8 Å². The normalized spacial score (nSPS) is 13.8. The molecule has 4 aromatic rings. The monoisotopic (exact) mass is 752 g/mol.